The molecule has 1 atom stereocenters. The summed E-state index contributed by atoms with van der Waals surface area (Å²) in [5, 5.41) is 12.5. The molecule has 0 saturated carbocycles. The monoisotopic (exact) mass is 233 g/mol. The molecule has 2 N–H and O–H groups in total. The molecule has 0 radical (unpaired) electrons. The maximum absolute atomic E-state index is 10.2. The van der Waals surface area contributed by atoms with Gasteiger partial charge in [-0.15, -0.1) is 0 Å². The molecule has 0 aromatic rings. The van der Waals surface area contributed by atoms with E-state index >= 15 is 0 Å². The third-order valence-corrected chi connectivity index (χ3v) is 3.41. The van der Waals surface area contributed by atoms with E-state index in [1.54, 1.807) is 0 Å². The number of rotatable bonds is 10. The van der Waals surface area contributed by atoms with Crippen LogP contribution in [0.2, 0.25) is 0 Å². The Labute approximate surface area is 97.0 Å². The third-order valence-electron chi connectivity index (χ3n) is 2.37. The van der Waals surface area contributed by atoms with Crippen LogP contribution in [0.3, 0.4) is 0 Å². The van der Waals surface area contributed by atoms with Crippen molar-refractivity contribution in [1.29, 1.82) is 0 Å². The van der Waals surface area contributed by atoms with Crippen LogP contribution in [0.5, 0.6) is 0 Å². The zero-order chi connectivity index (χ0) is 11.5. The number of hydrogen-bond donors (Lipinski definition) is 2. The van der Waals surface area contributed by atoms with Gasteiger partial charge in [0.1, 0.15) is 0 Å². The summed E-state index contributed by atoms with van der Waals surface area (Å²) in [6.45, 7) is 4.32. The molecule has 90 valence electrons. The average Bonchev–Trinajstić information content (AvgIpc) is 2.21. The van der Waals surface area contributed by atoms with Crippen molar-refractivity contribution in [3.8, 4) is 0 Å². The lowest BCUT2D eigenvalue weighted by molar-refractivity contribution is -0.137. The summed E-state index contributed by atoms with van der Waals surface area (Å²) in [7, 11) is 0. The molecule has 0 bridgehead atoms. The highest BCUT2D eigenvalue weighted by atomic mass is 32.2. The van der Waals surface area contributed by atoms with Gasteiger partial charge < -0.3 is 10.4 Å². The van der Waals surface area contributed by atoms with Gasteiger partial charge in [0.25, 0.3) is 0 Å². The van der Waals surface area contributed by atoms with Crippen LogP contribution in [0.4, 0.5) is 0 Å². The molecule has 0 aliphatic carbocycles. The quantitative estimate of drug-likeness (QED) is 0.569. The Morgan fingerprint density at radius 2 is 2.07 bits per heavy atom. The molecule has 0 aromatic carbocycles. The van der Waals surface area contributed by atoms with E-state index in [0.717, 1.165) is 37.6 Å². The number of carbonyl (C=O) groups is 1. The summed E-state index contributed by atoms with van der Waals surface area (Å²) < 4.78 is 0. The van der Waals surface area contributed by atoms with Crippen LogP contribution in [0.25, 0.3) is 0 Å². The standard InChI is InChI=1S/C11H23NO2S/c1-10(15-2)7-9-12-8-5-3-4-6-11(13)14/h10,12H,3-9H2,1-2H3,(H,13,14). The predicted octanol–water partition coefficient (Wildman–Crippen LogP) is 2.36. The average molecular weight is 233 g/mol. The van der Waals surface area contributed by atoms with Crippen molar-refractivity contribution in [2.24, 2.45) is 0 Å². The summed E-state index contributed by atoms with van der Waals surface area (Å²) in [4.78, 5) is 10.2. The minimum atomic E-state index is -0.684. The molecule has 1 unspecified atom stereocenters. The Bertz CT molecular complexity index is 165. The van der Waals surface area contributed by atoms with E-state index < -0.39 is 5.97 Å². The van der Waals surface area contributed by atoms with Gasteiger partial charge in [-0.05, 0) is 38.6 Å². The first kappa shape index (κ1) is 14.8. The van der Waals surface area contributed by atoms with Crippen LogP contribution >= 0.6 is 11.8 Å². The SMILES string of the molecule is CSC(C)CCNCCCCCC(=O)O. The molecule has 0 heterocycles. The molecule has 0 spiro atoms. The molecule has 0 rings (SSSR count). The predicted molar refractivity (Wildman–Crippen MR) is 66.6 cm³/mol. The van der Waals surface area contributed by atoms with Gasteiger partial charge in [-0.1, -0.05) is 13.3 Å². The number of thioether (sulfide) groups is 1. The number of aliphatic carboxylic acids is 1. The first-order valence-corrected chi connectivity index (χ1v) is 6.91. The van der Waals surface area contributed by atoms with Crippen LogP contribution in [0, 0.1) is 0 Å². The Kier molecular flexibility index (Phi) is 10.2. The molecule has 15 heavy (non-hydrogen) atoms. The van der Waals surface area contributed by atoms with Gasteiger partial charge in [0.15, 0.2) is 0 Å². The summed E-state index contributed by atoms with van der Waals surface area (Å²) in [6.07, 6.45) is 6.55. The molecule has 0 amide bonds. The number of carboxylic acid groups (broad SMARTS) is 1. The van der Waals surface area contributed by atoms with Crippen LogP contribution in [-0.4, -0.2) is 35.7 Å². The van der Waals surface area contributed by atoms with E-state index in [9.17, 15) is 4.79 Å². The zero-order valence-electron chi connectivity index (χ0n) is 9.79. The van der Waals surface area contributed by atoms with Gasteiger partial charge in [-0.3, -0.25) is 4.79 Å². The Morgan fingerprint density at radius 3 is 2.67 bits per heavy atom. The van der Waals surface area contributed by atoms with Crippen molar-refractivity contribution < 1.29 is 9.90 Å². The van der Waals surface area contributed by atoms with E-state index in [1.165, 1.54) is 6.42 Å². The highest BCUT2D eigenvalue weighted by Gasteiger charge is 1.98. The molecule has 4 heteroatoms. The molecular weight excluding hydrogens is 210 g/mol. The smallest absolute Gasteiger partial charge is 0.303 e. The number of unbranched alkanes of at least 4 members (excludes halogenated alkanes) is 2. The first-order chi connectivity index (χ1) is 7.16. The zero-order valence-corrected chi connectivity index (χ0v) is 10.6. The molecule has 0 aromatic heterocycles. The topological polar surface area (TPSA) is 49.3 Å². The number of nitrogens with one attached hydrogen (secondary N) is 1. The largest absolute Gasteiger partial charge is 0.481 e. The van der Waals surface area contributed by atoms with Crippen molar-refractivity contribution in [3.05, 3.63) is 0 Å². The molecular formula is C11H23NO2S. The van der Waals surface area contributed by atoms with Crippen molar-refractivity contribution >= 4 is 17.7 Å². The summed E-state index contributed by atoms with van der Waals surface area (Å²) in [5.74, 6) is -0.684. The summed E-state index contributed by atoms with van der Waals surface area (Å²) >= 11 is 1.89. The van der Waals surface area contributed by atoms with E-state index in [0.29, 0.717) is 6.42 Å². The van der Waals surface area contributed by atoms with Crippen LogP contribution in [0.1, 0.15) is 39.0 Å². The molecule has 0 fully saturated rings. The minimum absolute atomic E-state index is 0.309. The second kappa shape index (κ2) is 10.3. The summed E-state index contributed by atoms with van der Waals surface area (Å²) in [6, 6.07) is 0. The fourth-order valence-corrected chi connectivity index (χ4v) is 1.60. The molecule has 3 nitrogen and oxygen atoms in total. The second-order valence-corrected chi connectivity index (χ2v) is 5.07. The number of carboxylic acids is 1. The van der Waals surface area contributed by atoms with Crippen molar-refractivity contribution in [2.45, 2.75) is 44.3 Å². The molecule has 0 saturated heterocycles. The fourth-order valence-electron chi connectivity index (χ4n) is 1.25. The van der Waals surface area contributed by atoms with Crippen LogP contribution in [0.15, 0.2) is 0 Å². The summed E-state index contributed by atoms with van der Waals surface area (Å²) in [5.41, 5.74) is 0. The maximum atomic E-state index is 10.2. The normalized spacial score (nSPS) is 12.7. The Balaban J connectivity index is 3.02. The Morgan fingerprint density at radius 1 is 1.33 bits per heavy atom. The van der Waals surface area contributed by atoms with Gasteiger partial charge >= 0.3 is 5.97 Å². The highest BCUT2D eigenvalue weighted by molar-refractivity contribution is 7.99. The molecule has 0 aliphatic rings. The minimum Gasteiger partial charge on any atom is -0.481 e. The lowest BCUT2D eigenvalue weighted by Crippen LogP contribution is -2.19. The van der Waals surface area contributed by atoms with Gasteiger partial charge in [0, 0.05) is 11.7 Å². The molecule has 0 aliphatic heterocycles. The van der Waals surface area contributed by atoms with Gasteiger partial charge in [0.2, 0.25) is 0 Å². The van der Waals surface area contributed by atoms with Crippen LogP contribution in [-0.2, 0) is 4.79 Å². The lowest BCUT2D eigenvalue weighted by atomic mass is 10.2. The lowest BCUT2D eigenvalue weighted by Gasteiger charge is -2.08. The highest BCUT2D eigenvalue weighted by Crippen LogP contribution is 2.07. The van der Waals surface area contributed by atoms with Crippen molar-refractivity contribution in [2.75, 3.05) is 19.3 Å². The van der Waals surface area contributed by atoms with Crippen molar-refractivity contribution in [3.63, 3.8) is 0 Å². The third kappa shape index (κ3) is 11.7. The number of hydrogen-bond acceptors (Lipinski definition) is 3. The van der Waals surface area contributed by atoms with Gasteiger partial charge in [-0.25, -0.2) is 0 Å². The maximum Gasteiger partial charge on any atom is 0.303 e. The second-order valence-electron chi connectivity index (χ2n) is 3.79. The Hall–Kier alpha value is -0.220. The van der Waals surface area contributed by atoms with Gasteiger partial charge in [-0.2, -0.15) is 11.8 Å². The van der Waals surface area contributed by atoms with Crippen molar-refractivity contribution in [1.82, 2.24) is 5.32 Å². The van der Waals surface area contributed by atoms with E-state index in [4.69, 9.17) is 5.11 Å². The van der Waals surface area contributed by atoms with Crippen LogP contribution < -0.4 is 5.32 Å². The van der Waals surface area contributed by atoms with E-state index in [1.807, 2.05) is 11.8 Å². The van der Waals surface area contributed by atoms with E-state index in [2.05, 4.69) is 18.5 Å². The van der Waals surface area contributed by atoms with Gasteiger partial charge in [0.05, 0.1) is 0 Å². The van der Waals surface area contributed by atoms with E-state index in [-0.39, 0.29) is 0 Å². The fraction of sp³-hybridized carbons (Fsp3) is 0.909. The first-order valence-electron chi connectivity index (χ1n) is 5.62.